The van der Waals surface area contributed by atoms with Gasteiger partial charge in [-0.15, -0.1) is 0 Å². The molecule has 3 heterocycles. The third-order valence-electron chi connectivity index (χ3n) is 6.33. The van der Waals surface area contributed by atoms with Crippen LogP contribution in [-0.4, -0.2) is 38.8 Å². The smallest absolute Gasteiger partial charge is 0.356 e. The van der Waals surface area contributed by atoms with E-state index >= 15 is 0 Å². The summed E-state index contributed by atoms with van der Waals surface area (Å²) in [7, 11) is 0. The van der Waals surface area contributed by atoms with Gasteiger partial charge in [0.1, 0.15) is 5.65 Å². The molecule has 4 aromatic rings. The molecule has 0 bridgehead atoms. The van der Waals surface area contributed by atoms with Crippen molar-refractivity contribution in [2.75, 3.05) is 13.2 Å². The minimum Gasteiger partial charge on any atom is -0.476 e. The van der Waals surface area contributed by atoms with Gasteiger partial charge in [-0.2, -0.15) is 0 Å². The maximum Gasteiger partial charge on any atom is 0.356 e. The van der Waals surface area contributed by atoms with Crippen LogP contribution in [0, 0.1) is 0 Å². The predicted octanol–water partition coefficient (Wildman–Crippen LogP) is 5.46. The Morgan fingerprint density at radius 1 is 1.12 bits per heavy atom. The summed E-state index contributed by atoms with van der Waals surface area (Å²) in [4.78, 5) is 17.9. The Morgan fingerprint density at radius 2 is 1.88 bits per heavy atom. The molecule has 0 radical (unpaired) electrons. The monoisotopic (exact) mass is 462 g/mol. The lowest BCUT2D eigenvalue weighted by atomic mass is 9.87. The van der Waals surface area contributed by atoms with Crippen molar-refractivity contribution in [1.29, 1.82) is 0 Å². The van der Waals surface area contributed by atoms with Gasteiger partial charge in [-0.1, -0.05) is 43.8 Å². The molecule has 0 unspecified atom stereocenters. The van der Waals surface area contributed by atoms with Crippen LogP contribution in [0.4, 0.5) is 0 Å². The highest BCUT2D eigenvalue weighted by atomic mass is 32.2. The van der Waals surface area contributed by atoms with Gasteiger partial charge in [0.05, 0.1) is 11.1 Å². The molecule has 0 aliphatic carbocycles. The number of carboxylic acid groups (broad SMARTS) is 1. The van der Waals surface area contributed by atoms with Crippen LogP contribution in [-0.2, 0) is 10.3 Å². The van der Waals surface area contributed by atoms with Crippen LogP contribution in [0.15, 0.2) is 64.5 Å². The number of pyridine rings is 1. The predicted molar refractivity (Wildman–Crippen MR) is 128 cm³/mol. The first-order valence-corrected chi connectivity index (χ1v) is 11.9. The molecule has 33 heavy (non-hydrogen) atoms. The van der Waals surface area contributed by atoms with Crippen LogP contribution in [0.5, 0.6) is 0 Å². The number of hydrogen-bond acceptors (Lipinski definition) is 5. The highest BCUT2D eigenvalue weighted by molar-refractivity contribution is 7.99. The molecule has 0 amide bonds. The van der Waals surface area contributed by atoms with Crippen molar-refractivity contribution in [3.8, 4) is 0 Å². The van der Waals surface area contributed by atoms with Gasteiger partial charge in [-0.25, -0.2) is 9.78 Å². The summed E-state index contributed by atoms with van der Waals surface area (Å²) < 4.78 is 7.28. The van der Waals surface area contributed by atoms with Crippen LogP contribution in [0.1, 0.15) is 54.2 Å². The maximum absolute atomic E-state index is 11.5. The summed E-state index contributed by atoms with van der Waals surface area (Å²) in [6.07, 6.45) is 2.78. The number of fused-ring (bicyclic) bond motifs is 3. The first-order chi connectivity index (χ1) is 15.8. The van der Waals surface area contributed by atoms with E-state index < -0.39 is 11.6 Å². The van der Waals surface area contributed by atoms with Gasteiger partial charge in [0, 0.05) is 47.4 Å². The van der Waals surface area contributed by atoms with Crippen molar-refractivity contribution in [2.45, 2.75) is 48.0 Å². The van der Waals surface area contributed by atoms with Gasteiger partial charge < -0.3 is 14.9 Å². The molecule has 7 heteroatoms. The lowest BCUT2D eigenvalue weighted by molar-refractivity contribution is -0.0680. The first-order valence-electron chi connectivity index (χ1n) is 11.1. The quantitative estimate of drug-likeness (QED) is 0.410. The van der Waals surface area contributed by atoms with Crippen molar-refractivity contribution in [3.05, 3.63) is 71.5 Å². The van der Waals surface area contributed by atoms with E-state index in [2.05, 4.69) is 43.1 Å². The first kappa shape index (κ1) is 21.9. The van der Waals surface area contributed by atoms with Crippen molar-refractivity contribution in [3.63, 3.8) is 0 Å². The van der Waals surface area contributed by atoms with E-state index in [1.807, 2.05) is 28.7 Å². The Hall–Kier alpha value is -2.87. The summed E-state index contributed by atoms with van der Waals surface area (Å²) in [6, 6.07) is 16.3. The zero-order chi connectivity index (χ0) is 23.2. The molecular weight excluding hydrogens is 436 g/mol. The second-order valence-electron chi connectivity index (χ2n) is 8.87. The highest BCUT2D eigenvalue weighted by Gasteiger charge is 2.31. The Bertz CT molecular complexity index is 1360. The molecule has 5 rings (SSSR count). The fourth-order valence-corrected chi connectivity index (χ4v) is 5.40. The van der Waals surface area contributed by atoms with E-state index in [0.29, 0.717) is 31.7 Å². The minimum absolute atomic E-state index is 0.0349. The molecule has 0 saturated carbocycles. The molecule has 2 N–H and O–H groups in total. The average Bonchev–Trinajstić information content (AvgIpc) is 3.24. The summed E-state index contributed by atoms with van der Waals surface area (Å²) in [5.74, 6) is -0.760. The Labute approximate surface area is 196 Å². The normalized spacial score (nSPS) is 16.0. The molecule has 1 aliphatic heterocycles. The lowest BCUT2D eigenvalue weighted by Gasteiger charge is -2.32. The van der Waals surface area contributed by atoms with E-state index in [1.54, 1.807) is 18.0 Å². The van der Waals surface area contributed by atoms with E-state index in [0.717, 1.165) is 31.8 Å². The van der Waals surface area contributed by atoms with E-state index in [4.69, 9.17) is 4.74 Å². The molecule has 0 atom stereocenters. The maximum atomic E-state index is 11.5. The van der Waals surface area contributed by atoms with Gasteiger partial charge >= 0.3 is 5.97 Å². The van der Waals surface area contributed by atoms with Crippen molar-refractivity contribution in [1.82, 2.24) is 9.38 Å². The number of aromatic carboxylic acids is 1. The molecule has 2 aromatic heterocycles. The number of nitrogens with zero attached hydrogens (tertiary/aromatic N) is 2. The zero-order valence-corrected chi connectivity index (χ0v) is 19.4. The Balaban J connectivity index is 1.56. The number of carbonyl (C=O) groups is 1. The Morgan fingerprint density at radius 3 is 2.61 bits per heavy atom. The van der Waals surface area contributed by atoms with Crippen molar-refractivity contribution >= 4 is 34.3 Å². The summed E-state index contributed by atoms with van der Waals surface area (Å²) in [6.45, 7) is 5.38. The summed E-state index contributed by atoms with van der Waals surface area (Å²) in [5.41, 5.74) is 2.81. The van der Waals surface area contributed by atoms with Gasteiger partial charge in [0.25, 0.3) is 0 Å². The minimum atomic E-state index is -1.04. The molecule has 2 aromatic carbocycles. The number of aliphatic hydroxyl groups is 1. The highest BCUT2D eigenvalue weighted by Crippen LogP contribution is 2.37. The number of rotatable bonds is 5. The topological polar surface area (TPSA) is 84.1 Å². The Kier molecular flexibility index (Phi) is 5.64. The average molecular weight is 463 g/mol. The molecule has 0 spiro atoms. The molecule has 1 saturated heterocycles. The van der Waals surface area contributed by atoms with E-state index in [1.165, 1.54) is 0 Å². The second-order valence-corrected chi connectivity index (χ2v) is 10.0. The van der Waals surface area contributed by atoms with Crippen molar-refractivity contribution in [2.24, 2.45) is 0 Å². The largest absolute Gasteiger partial charge is 0.476 e. The molecule has 1 aliphatic rings. The summed E-state index contributed by atoms with van der Waals surface area (Å²) in [5, 5.41) is 21.6. The number of aromatic nitrogens is 2. The number of benzene rings is 2. The van der Waals surface area contributed by atoms with Crippen LogP contribution in [0.25, 0.3) is 16.6 Å². The van der Waals surface area contributed by atoms with Crippen molar-refractivity contribution < 1.29 is 19.7 Å². The molecule has 170 valence electrons. The second kappa shape index (κ2) is 8.48. The van der Waals surface area contributed by atoms with E-state index in [-0.39, 0.29) is 11.6 Å². The van der Waals surface area contributed by atoms with Crippen LogP contribution in [0.2, 0.25) is 0 Å². The van der Waals surface area contributed by atoms with E-state index in [9.17, 15) is 15.0 Å². The molecule has 1 fully saturated rings. The van der Waals surface area contributed by atoms with Gasteiger partial charge in [0.2, 0.25) is 0 Å². The standard InChI is InChI=1S/C26H26N2O4S/c1-16(2)21-14-24-27-22(25(29)30)15-28(24)23-13-19(6-7-20(21)23)33-18-5-3-4-17(12-18)26(31)8-10-32-11-9-26/h3-7,12-16,31H,8-11H2,1-2H3,(H,29,30). The summed E-state index contributed by atoms with van der Waals surface area (Å²) >= 11 is 1.62. The number of hydrogen-bond donors (Lipinski definition) is 2. The fraction of sp³-hybridized carbons (Fsp3) is 0.308. The molecular formula is C26H26N2O4S. The number of ether oxygens (including phenoxy) is 1. The zero-order valence-electron chi connectivity index (χ0n) is 18.6. The third-order valence-corrected chi connectivity index (χ3v) is 7.30. The third kappa shape index (κ3) is 4.12. The van der Waals surface area contributed by atoms with Crippen LogP contribution < -0.4 is 0 Å². The van der Waals surface area contributed by atoms with Gasteiger partial charge in [-0.3, -0.25) is 4.40 Å². The lowest BCUT2D eigenvalue weighted by Crippen LogP contribution is -2.33. The van der Waals surface area contributed by atoms with Crippen LogP contribution in [0.3, 0.4) is 0 Å². The van der Waals surface area contributed by atoms with Gasteiger partial charge in [0.15, 0.2) is 5.69 Å². The number of imidazole rings is 1. The SMILES string of the molecule is CC(C)c1cc2nc(C(=O)O)cn2c2cc(Sc3cccc(C4(O)CCOCC4)c3)ccc12. The van der Waals surface area contributed by atoms with Gasteiger partial charge in [-0.05, 0) is 47.4 Å². The fourth-order valence-electron chi connectivity index (χ4n) is 4.49. The van der Waals surface area contributed by atoms with Crippen LogP contribution >= 0.6 is 11.8 Å². The number of carboxylic acids is 1. The molecule has 6 nitrogen and oxygen atoms in total.